The minimum atomic E-state index is -0.890. The quantitative estimate of drug-likeness (QED) is 0.894. The van der Waals surface area contributed by atoms with Gasteiger partial charge in [-0.15, -0.1) is 0 Å². The molecule has 0 aromatic heterocycles. The van der Waals surface area contributed by atoms with Crippen molar-refractivity contribution in [1.29, 1.82) is 0 Å². The van der Waals surface area contributed by atoms with Crippen molar-refractivity contribution in [3.8, 4) is 0 Å². The molecular weight excluding hydrogens is 266 g/mol. The van der Waals surface area contributed by atoms with Crippen LogP contribution in [0.25, 0.3) is 0 Å². The monoisotopic (exact) mass is 281 g/mol. The lowest BCUT2D eigenvalue weighted by Crippen LogP contribution is -2.36. The van der Waals surface area contributed by atoms with Gasteiger partial charge in [0.1, 0.15) is 0 Å². The van der Waals surface area contributed by atoms with Crippen LogP contribution in [0.2, 0.25) is 5.02 Å². The highest BCUT2D eigenvalue weighted by molar-refractivity contribution is 6.33. The SMILES string of the molecule is O=C(O)[C@H]1CCCC[C@@H]1C(=O)Nc1ccccc1Cl. The number of benzene rings is 1. The molecular formula is C14H16ClNO3. The minimum Gasteiger partial charge on any atom is -0.481 e. The third-order valence-electron chi connectivity index (χ3n) is 3.55. The normalized spacial score (nSPS) is 22.8. The largest absolute Gasteiger partial charge is 0.481 e. The first-order chi connectivity index (χ1) is 9.09. The molecule has 102 valence electrons. The summed E-state index contributed by atoms with van der Waals surface area (Å²) in [5.74, 6) is -2.20. The molecule has 1 aromatic rings. The van der Waals surface area contributed by atoms with E-state index in [1.54, 1.807) is 24.3 Å². The molecule has 0 unspecified atom stereocenters. The Hall–Kier alpha value is -1.55. The van der Waals surface area contributed by atoms with Gasteiger partial charge in [-0.1, -0.05) is 36.6 Å². The number of aliphatic carboxylic acids is 1. The molecule has 0 heterocycles. The van der Waals surface area contributed by atoms with E-state index in [0.717, 1.165) is 12.8 Å². The zero-order valence-electron chi connectivity index (χ0n) is 10.4. The second-order valence-corrected chi connectivity index (χ2v) is 5.21. The molecule has 2 N–H and O–H groups in total. The summed E-state index contributed by atoms with van der Waals surface area (Å²) >= 11 is 5.98. The van der Waals surface area contributed by atoms with Crippen molar-refractivity contribution < 1.29 is 14.7 Å². The lowest BCUT2D eigenvalue weighted by Gasteiger charge is -2.27. The number of carbonyl (C=O) groups excluding carboxylic acids is 1. The van der Waals surface area contributed by atoms with E-state index in [9.17, 15) is 14.7 Å². The van der Waals surface area contributed by atoms with Crippen LogP contribution < -0.4 is 5.32 Å². The van der Waals surface area contributed by atoms with E-state index in [1.807, 2.05) is 0 Å². The number of rotatable bonds is 3. The van der Waals surface area contributed by atoms with Crippen LogP contribution in [-0.2, 0) is 9.59 Å². The van der Waals surface area contributed by atoms with Crippen molar-refractivity contribution in [2.45, 2.75) is 25.7 Å². The third-order valence-corrected chi connectivity index (χ3v) is 3.88. The molecule has 1 saturated carbocycles. The van der Waals surface area contributed by atoms with Crippen LogP contribution in [0.5, 0.6) is 0 Å². The van der Waals surface area contributed by atoms with Gasteiger partial charge in [-0.2, -0.15) is 0 Å². The summed E-state index contributed by atoms with van der Waals surface area (Å²) in [5, 5.41) is 12.4. The van der Waals surface area contributed by atoms with Crippen LogP contribution >= 0.6 is 11.6 Å². The first kappa shape index (κ1) is 13.9. The molecule has 2 rings (SSSR count). The summed E-state index contributed by atoms with van der Waals surface area (Å²) in [5.41, 5.74) is 0.531. The Morgan fingerprint density at radius 3 is 2.42 bits per heavy atom. The maximum absolute atomic E-state index is 12.2. The lowest BCUT2D eigenvalue weighted by atomic mass is 9.78. The average Bonchev–Trinajstić information content (AvgIpc) is 2.41. The summed E-state index contributed by atoms with van der Waals surface area (Å²) in [6.45, 7) is 0. The molecule has 0 aliphatic heterocycles. The molecule has 19 heavy (non-hydrogen) atoms. The predicted octanol–water partition coefficient (Wildman–Crippen LogP) is 3.17. The molecule has 1 aliphatic carbocycles. The fraction of sp³-hybridized carbons (Fsp3) is 0.429. The predicted molar refractivity (Wildman–Crippen MR) is 73.2 cm³/mol. The van der Waals surface area contributed by atoms with Crippen molar-refractivity contribution in [2.24, 2.45) is 11.8 Å². The Kier molecular flexibility index (Phi) is 4.43. The van der Waals surface area contributed by atoms with Crippen molar-refractivity contribution in [3.63, 3.8) is 0 Å². The van der Waals surface area contributed by atoms with Gasteiger partial charge in [0.05, 0.1) is 22.5 Å². The fourth-order valence-electron chi connectivity index (χ4n) is 2.53. The van der Waals surface area contributed by atoms with E-state index < -0.39 is 17.8 Å². The number of hydrogen-bond acceptors (Lipinski definition) is 2. The summed E-state index contributed by atoms with van der Waals surface area (Å²) in [6.07, 6.45) is 2.94. The van der Waals surface area contributed by atoms with E-state index in [4.69, 9.17) is 11.6 Å². The molecule has 4 nitrogen and oxygen atoms in total. The van der Waals surface area contributed by atoms with Gasteiger partial charge < -0.3 is 10.4 Å². The van der Waals surface area contributed by atoms with Gasteiger partial charge in [0.25, 0.3) is 0 Å². The third kappa shape index (κ3) is 3.26. The van der Waals surface area contributed by atoms with Crippen molar-refractivity contribution in [1.82, 2.24) is 0 Å². The zero-order valence-corrected chi connectivity index (χ0v) is 11.2. The molecule has 1 fully saturated rings. The number of carboxylic acids is 1. The van der Waals surface area contributed by atoms with Gasteiger partial charge in [-0.25, -0.2) is 0 Å². The topological polar surface area (TPSA) is 66.4 Å². The first-order valence-corrected chi connectivity index (χ1v) is 6.75. The molecule has 0 saturated heterocycles. The van der Waals surface area contributed by atoms with Gasteiger partial charge >= 0.3 is 5.97 Å². The molecule has 1 amide bonds. The zero-order chi connectivity index (χ0) is 13.8. The Bertz CT molecular complexity index is 489. The molecule has 0 bridgehead atoms. The standard InChI is InChI=1S/C14H16ClNO3/c15-11-7-3-4-8-12(11)16-13(17)9-5-1-2-6-10(9)14(18)19/h3-4,7-10H,1-2,5-6H2,(H,16,17)(H,18,19)/t9-,10-/m0/s1. The lowest BCUT2D eigenvalue weighted by molar-refractivity contribution is -0.147. The number of para-hydroxylation sites is 1. The fourth-order valence-corrected chi connectivity index (χ4v) is 2.71. The molecule has 0 spiro atoms. The van der Waals surface area contributed by atoms with Crippen LogP contribution in [0.1, 0.15) is 25.7 Å². The highest BCUT2D eigenvalue weighted by Crippen LogP contribution is 2.32. The van der Waals surface area contributed by atoms with Gasteiger partial charge in [0, 0.05) is 0 Å². The van der Waals surface area contributed by atoms with E-state index in [1.165, 1.54) is 0 Å². The highest BCUT2D eigenvalue weighted by Gasteiger charge is 2.35. The number of nitrogens with one attached hydrogen (secondary N) is 1. The van der Waals surface area contributed by atoms with E-state index >= 15 is 0 Å². The van der Waals surface area contributed by atoms with Gasteiger partial charge in [0.15, 0.2) is 0 Å². The molecule has 5 heteroatoms. The summed E-state index contributed by atoms with van der Waals surface area (Å²) in [6, 6.07) is 6.95. The van der Waals surface area contributed by atoms with Gasteiger partial charge in [0.2, 0.25) is 5.91 Å². The van der Waals surface area contributed by atoms with E-state index in [-0.39, 0.29) is 5.91 Å². The second-order valence-electron chi connectivity index (χ2n) is 4.80. The first-order valence-electron chi connectivity index (χ1n) is 6.38. The number of carboxylic acid groups (broad SMARTS) is 1. The molecule has 1 aromatic carbocycles. The second kappa shape index (κ2) is 6.06. The minimum absolute atomic E-state index is 0.250. The average molecular weight is 282 g/mol. The van der Waals surface area contributed by atoms with E-state index in [2.05, 4.69) is 5.32 Å². The Balaban J connectivity index is 2.10. The van der Waals surface area contributed by atoms with Crippen LogP contribution in [0.15, 0.2) is 24.3 Å². The van der Waals surface area contributed by atoms with Crippen molar-refractivity contribution >= 4 is 29.2 Å². The number of anilines is 1. The highest BCUT2D eigenvalue weighted by atomic mass is 35.5. The van der Waals surface area contributed by atoms with Crippen LogP contribution in [-0.4, -0.2) is 17.0 Å². The molecule has 1 aliphatic rings. The summed E-state index contributed by atoms with van der Waals surface area (Å²) in [7, 11) is 0. The maximum atomic E-state index is 12.2. The van der Waals surface area contributed by atoms with Crippen molar-refractivity contribution in [3.05, 3.63) is 29.3 Å². The summed E-state index contributed by atoms with van der Waals surface area (Å²) in [4.78, 5) is 23.4. The van der Waals surface area contributed by atoms with E-state index in [0.29, 0.717) is 23.6 Å². The number of hydrogen-bond donors (Lipinski definition) is 2. The Morgan fingerprint density at radius 2 is 1.79 bits per heavy atom. The number of amides is 1. The molecule has 0 radical (unpaired) electrons. The van der Waals surface area contributed by atoms with Gasteiger partial charge in [-0.3, -0.25) is 9.59 Å². The summed E-state index contributed by atoms with van der Waals surface area (Å²) < 4.78 is 0. The maximum Gasteiger partial charge on any atom is 0.307 e. The van der Waals surface area contributed by atoms with Crippen LogP contribution in [0.4, 0.5) is 5.69 Å². The van der Waals surface area contributed by atoms with Crippen LogP contribution in [0, 0.1) is 11.8 Å². The van der Waals surface area contributed by atoms with Crippen molar-refractivity contribution in [2.75, 3.05) is 5.32 Å². The smallest absolute Gasteiger partial charge is 0.307 e. The number of halogens is 1. The Morgan fingerprint density at radius 1 is 1.16 bits per heavy atom. The number of carbonyl (C=O) groups is 2. The van der Waals surface area contributed by atoms with Crippen LogP contribution in [0.3, 0.4) is 0 Å². The molecule has 2 atom stereocenters. The Labute approximate surface area is 116 Å². The van der Waals surface area contributed by atoms with Gasteiger partial charge in [-0.05, 0) is 25.0 Å².